The van der Waals surface area contributed by atoms with Crippen LogP contribution in [-0.2, 0) is 14.8 Å². The van der Waals surface area contributed by atoms with Crippen LogP contribution < -0.4 is 10.2 Å². The van der Waals surface area contributed by atoms with Gasteiger partial charge in [0, 0.05) is 45.2 Å². The maximum atomic E-state index is 13.7. The van der Waals surface area contributed by atoms with Gasteiger partial charge in [-0.2, -0.15) is 0 Å². The van der Waals surface area contributed by atoms with Crippen LogP contribution in [0.25, 0.3) is 11.0 Å². The van der Waals surface area contributed by atoms with E-state index in [0.717, 1.165) is 44.2 Å². The van der Waals surface area contributed by atoms with Gasteiger partial charge in [-0.3, -0.25) is 4.98 Å². The van der Waals surface area contributed by atoms with Gasteiger partial charge in [0.2, 0.25) is 0 Å². The molecule has 0 radical (unpaired) electrons. The standard InChI is InChI=1S/C21H25FN4O3S/c1-29-13-10-23-17-7-11-25(12-8-17)20-15-26(19-6-3-9-24-21(19)20)30(27,28)18-5-2-4-16(22)14-18/h2-6,9,14-15,17,23H,7-8,10-13H2,1H3. The van der Waals surface area contributed by atoms with Crippen molar-refractivity contribution in [3.63, 3.8) is 0 Å². The molecule has 0 atom stereocenters. The first-order chi connectivity index (χ1) is 14.5. The summed E-state index contributed by atoms with van der Waals surface area (Å²) in [6, 6.07) is 8.90. The van der Waals surface area contributed by atoms with Gasteiger partial charge in [-0.25, -0.2) is 16.8 Å². The van der Waals surface area contributed by atoms with Crippen molar-refractivity contribution in [3.8, 4) is 0 Å². The first kappa shape index (κ1) is 20.8. The number of hydrogen-bond acceptors (Lipinski definition) is 6. The zero-order valence-corrected chi connectivity index (χ0v) is 17.6. The molecule has 1 aromatic carbocycles. The van der Waals surface area contributed by atoms with Gasteiger partial charge in [0.1, 0.15) is 11.3 Å². The van der Waals surface area contributed by atoms with E-state index < -0.39 is 15.8 Å². The molecule has 1 aliphatic heterocycles. The van der Waals surface area contributed by atoms with Crippen LogP contribution in [0.2, 0.25) is 0 Å². The highest BCUT2D eigenvalue weighted by molar-refractivity contribution is 7.90. The Hall–Kier alpha value is -2.49. The minimum absolute atomic E-state index is 0.0872. The van der Waals surface area contributed by atoms with Crippen LogP contribution in [0, 0.1) is 5.82 Å². The second-order valence-corrected chi connectivity index (χ2v) is 9.17. The number of hydrogen-bond donors (Lipinski definition) is 1. The third-order valence-electron chi connectivity index (χ3n) is 5.43. The van der Waals surface area contributed by atoms with Crippen molar-refractivity contribution in [2.75, 3.05) is 38.3 Å². The van der Waals surface area contributed by atoms with Gasteiger partial charge >= 0.3 is 0 Å². The fraction of sp³-hybridized carbons (Fsp3) is 0.381. The quantitative estimate of drug-likeness (QED) is 0.579. The van der Waals surface area contributed by atoms with Crippen molar-refractivity contribution in [2.24, 2.45) is 0 Å². The van der Waals surface area contributed by atoms with Gasteiger partial charge in [0.15, 0.2) is 0 Å². The molecule has 2 aromatic heterocycles. The summed E-state index contributed by atoms with van der Waals surface area (Å²) in [5.74, 6) is -0.589. The Morgan fingerprint density at radius 1 is 1.23 bits per heavy atom. The van der Waals surface area contributed by atoms with E-state index in [1.165, 1.54) is 22.2 Å². The third kappa shape index (κ3) is 4.05. The molecule has 1 saturated heterocycles. The molecule has 3 aromatic rings. The Morgan fingerprint density at radius 3 is 2.77 bits per heavy atom. The highest BCUT2D eigenvalue weighted by atomic mass is 32.2. The molecule has 0 spiro atoms. The maximum absolute atomic E-state index is 13.7. The SMILES string of the molecule is COCCNC1CCN(c2cn(S(=O)(=O)c3cccc(F)c3)c3cccnc23)CC1. The van der Waals surface area contributed by atoms with Crippen molar-refractivity contribution in [2.45, 2.75) is 23.8 Å². The lowest BCUT2D eigenvalue weighted by atomic mass is 10.0. The van der Waals surface area contributed by atoms with E-state index in [1.807, 2.05) is 0 Å². The van der Waals surface area contributed by atoms with E-state index in [9.17, 15) is 12.8 Å². The van der Waals surface area contributed by atoms with Crippen molar-refractivity contribution >= 4 is 26.7 Å². The molecular weight excluding hydrogens is 407 g/mol. The summed E-state index contributed by atoms with van der Waals surface area (Å²) in [7, 11) is -2.26. The molecule has 9 heteroatoms. The zero-order valence-electron chi connectivity index (χ0n) is 16.8. The topological polar surface area (TPSA) is 76.5 Å². The Morgan fingerprint density at radius 2 is 2.03 bits per heavy atom. The van der Waals surface area contributed by atoms with Crippen LogP contribution in [0.1, 0.15) is 12.8 Å². The second-order valence-electron chi connectivity index (χ2n) is 7.35. The van der Waals surface area contributed by atoms with Gasteiger partial charge in [-0.1, -0.05) is 6.07 Å². The summed E-state index contributed by atoms with van der Waals surface area (Å²) < 4.78 is 46.4. The molecule has 0 bridgehead atoms. The average molecular weight is 433 g/mol. The second kappa shape index (κ2) is 8.71. The number of methoxy groups -OCH3 is 1. The largest absolute Gasteiger partial charge is 0.383 e. The van der Waals surface area contributed by atoms with Crippen LogP contribution in [0.4, 0.5) is 10.1 Å². The van der Waals surface area contributed by atoms with Crippen LogP contribution in [0.3, 0.4) is 0 Å². The number of anilines is 1. The number of benzene rings is 1. The van der Waals surface area contributed by atoms with Crippen LogP contribution in [-0.4, -0.2) is 56.8 Å². The van der Waals surface area contributed by atoms with E-state index in [4.69, 9.17) is 4.74 Å². The lowest BCUT2D eigenvalue weighted by Gasteiger charge is -2.33. The molecule has 4 rings (SSSR count). The van der Waals surface area contributed by atoms with Crippen molar-refractivity contribution in [1.82, 2.24) is 14.3 Å². The van der Waals surface area contributed by atoms with Crippen molar-refractivity contribution < 1.29 is 17.5 Å². The molecule has 1 aliphatic rings. The van der Waals surface area contributed by atoms with E-state index >= 15 is 0 Å². The summed E-state index contributed by atoms with van der Waals surface area (Å²) in [4.78, 5) is 6.53. The number of ether oxygens (including phenoxy) is 1. The molecule has 3 heterocycles. The van der Waals surface area contributed by atoms with Gasteiger partial charge in [0.25, 0.3) is 10.0 Å². The zero-order chi connectivity index (χ0) is 21.1. The summed E-state index contributed by atoms with van der Waals surface area (Å²) in [5.41, 5.74) is 1.89. The first-order valence-corrected chi connectivity index (χ1v) is 11.4. The molecule has 0 amide bonds. The van der Waals surface area contributed by atoms with E-state index in [1.54, 1.807) is 31.6 Å². The van der Waals surface area contributed by atoms with E-state index in [-0.39, 0.29) is 4.90 Å². The molecule has 0 aliphatic carbocycles. The minimum atomic E-state index is -3.95. The van der Waals surface area contributed by atoms with Crippen LogP contribution in [0.15, 0.2) is 53.7 Å². The number of aromatic nitrogens is 2. The Bertz CT molecular complexity index is 1120. The lowest BCUT2D eigenvalue weighted by molar-refractivity contribution is 0.193. The highest BCUT2D eigenvalue weighted by Crippen LogP contribution is 2.32. The van der Waals surface area contributed by atoms with Crippen LogP contribution >= 0.6 is 0 Å². The van der Waals surface area contributed by atoms with Gasteiger partial charge in [-0.05, 0) is 43.2 Å². The average Bonchev–Trinajstić information content (AvgIpc) is 3.15. The number of pyridine rings is 1. The summed E-state index contributed by atoms with van der Waals surface area (Å²) in [5, 5.41) is 3.48. The van der Waals surface area contributed by atoms with Crippen LogP contribution in [0.5, 0.6) is 0 Å². The molecule has 1 N–H and O–H groups in total. The van der Waals surface area contributed by atoms with Gasteiger partial charge < -0.3 is 15.0 Å². The number of halogens is 1. The van der Waals surface area contributed by atoms with Gasteiger partial charge in [-0.15, -0.1) is 0 Å². The Kier molecular flexibility index (Phi) is 6.03. The number of piperidine rings is 1. The third-order valence-corrected chi connectivity index (χ3v) is 7.10. The van der Waals surface area contributed by atoms with Crippen molar-refractivity contribution in [3.05, 3.63) is 54.6 Å². The number of rotatable bonds is 7. The number of fused-ring (bicyclic) bond motifs is 1. The molecule has 0 unspecified atom stereocenters. The Balaban J connectivity index is 1.64. The van der Waals surface area contributed by atoms with Crippen molar-refractivity contribution in [1.29, 1.82) is 0 Å². The predicted octanol–water partition coefficient (Wildman–Crippen LogP) is 2.62. The highest BCUT2D eigenvalue weighted by Gasteiger charge is 2.26. The monoisotopic (exact) mass is 432 g/mol. The van der Waals surface area contributed by atoms with E-state index in [0.29, 0.717) is 23.7 Å². The number of nitrogens with one attached hydrogen (secondary N) is 1. The molecule has 30 heavy (non-hydrogen) atoms. The minimum Gasteiger partial charge on any atom is -0.383 e. The van der Waals surface area contributed by atoms with E-state index in [2.05, 4.69) is 15.2 Å². The molecule has 0 saturated carbocycles. The number of nitrogens with zero attached hydrogens (tertiary/aromatic N) is 3. The fourth-order valence-corrected chi connectivity index (χ4v) is 5.26. The lowest BCUT2D eigenvalue weighted by Crippen LogP contribution is -2.43. The summed E-state index contributed by atoms with van der Waals surface area (Å²) >= 11 is 0. The normalized spacial score (nSPS) is 15.7. The maximum Gasteiger partial charge on any atom is 0.268 e. The Labute approximate surface area is 175 Å². The molecule has 7 nitrogen and oxygen atoms in total. The predicted molar refractivity (Wildman–Crippen MR) is 114 cm³/mol. The molecule has 160 valence electrons. The molecule has 1 fully saturated rings. The first-order valence-electron chi connectivity index (χ1n) is 9.95. The summed E-state index contributed by atoms with van der Waals surface area (Å²) in [6.07, 6.45) is 5.15. The smallest absolute Gasteiger partial charge is 0.268 e. The summed E-state index contributed by atoms with van der Waals surface area (Å²) in [6.45, 7) is 3.07. The fourth-order valence-electron chi connectivity index (χ4n) is 3.87. The van der Waals surface area contributed by atoms with Gasteiger partial charge in [0.05, 0.1) is 22.7 Å². The molecular formula is C21H25FN4O3S.